The Morgan fingerprint density at radius 2 is 2.29 bits per heavy atom. The molecule has 4 heteroatoms. The van der Waals surface area contributed by atoms with Crippen molar-refractivity contribution in [3.8, 4) is 0 Å². The van der Waals surface area contributed by atoms with Crippen LogP contribution in [0.1, 0.15) is 19.5 Å². The van der Waals surface area contributed by atoms with Crippen molar-refractivity contribution in [3.05, 3.63) is 29.0 Å². The summed E-state index contributed by atoms with van der Waals surface area (Å²) in [6, 6.07) is 3.59. The highest BCUT2D eigenvalue weighted by molar-refractivity contribution is 6.31. The highest BCUT2D eigenvalue weighted by Gasteiger charge is 2.11. The van der Waals surface area contributed by atoms with Gasteiger partial charge in [-0.1, -0.05) is 11.6 Å². The first kappa shape index (κ1) is 11.4. The van der Waals surface area contributed by atoms with Gasteiger partial charge in [-0.25, -0.2) is 0 Å². The summed E-state index contributed by atoms with van der Waals surface area (Å²) in [6.45, 7) is 4.59. The molecule has 0 saturated carbocycles. The van der Waals surface area contributed by atoms with E-state index in [2.05, 4.69) is 10.3 Å². The molecular weight excluding hydrogens is 200 g/mol. The first-order chi connectivity index (χ1) is 6.49. The maximum absolute atomic E-state index is 9.45. The summed E-state index contributed by atoms with van der Waals surface area (Å²) in [4.78, 5) is 4.12. The number of aliphatic hydroxyl groups is 1. The van der Waals surface area contributed by atoms with Gasteiger partial charge in [0.05, 0.1) is 16.3 Å². The Bertz CT molecular complexity index is 296. The molecule has 1 aromatic heterocycles. The van der Waals surface area contributed by atoms with Gasteiger partial charge < -0.3 is 10.4 Å². The maximum atomic E-state index is 9.45. The second-order valence-corrected chi connectivity index (χ2v) is 4.26. The summed E-state index contributed by atoms with van der Waals surface area (Å²) >= 11 is 5.91. The minimum Gasteiger partial charge on any atom is -0.389 e. The van der Waals surface area contributed by atoms with Gasteiger partial charge in [0.2, 0.25) is 0 Å². The highest BCUT2D eigenvalue weighted by Crippen LogP contribution is 2.11. The van der Waals surface area contributed by atoms with Gasteiger partial charge in [-0.2, -0.15) is 0 Å². The molecule has 3 nitrogen and oxygen atoms in total. The first-order valence-electron chi connectivity index (χ1n) is 4.51. The first-order valence-corrected chi connectivity index (χ1v) is 4.89. The predicted molar refractivity (Wildman–Crippen MR) is 57.3 cm³/mol. The molecule has 0 fully saturated rings. The molecular formula is C10H15ClN2O. The average molecular weight is 215 g/mol. The Morgan fingerprint density at radius 1 is 1.57 bits per heavy atom. The van der Waals surface area contributed by atoms with E-state index in [1.165, 1.54) is 0 Å². The lowest BCUT2D eigenvalue weighted by molar-refractivity contribution is 0.0794. The fourth-order valence-electron chi connectivity index (χ4n) is 1.04. The van der Waals surface area contributed by atoms with Gasteiger partial charge in [0.25, 0.3) is 0 Å². The number of rotatable bonds is 4. The van der Waals surface area contributed by atoms with Crippen LogP contribution in [0.2, 0.25) is 5.02 Å². The molecule has 1 heterocycles. The number of hydrogen-bond acceptors (Lipinski definition) is 3. The van der Waals surface area contributed by atoms with E-state index in [1.54, 1.807) is 32.2 Å². The molecule has 14 heavy (non-hydrogen) atoms. The van der Waals surface area contributed by atoms with Crippen LogP contribution >= 0.6 is 11.6 Å². The van der Waals surface area contributed by atoms with Gasteiger partial charge in [0.15, 0.2) is 0 Å². The standard InChI is InChI=1S/C10H15ClN2O/c1-10(2,14)7-12-6-9-8(11)4-3-5-13-9/h3-5,12,14H,6-7H2,1-2H3. The highest BCUT2D eigenvalue weighted by atomic mass is 35.5. The van der Waals surface area contributed by atoms with E-state index in [9.17, 15) is 5.11 Å². The SMILES string of the molecule is CC(C)(O)CNCc1ncccc1Cl. The topological polar surface area (TPSA) is 45.1 Å². The van der Waals surface area contributed by atoms with E-state index in [1.807, 2.05) is 0 Å². The quantitative estimate of drug-likeness (QED) is 0.800. The molecule has 0 spiro atoms. The summed E-state index contributed by atoms with van der Waals surface area (Å²) in [5, 5.41) is 13.2. The van der Waals surface area contributed by atoms with Crippen molar-refractivity contribution in [2.24, 2.45) is 0 Å². The molecule has 1 rings (SSSR count). The Morgan fingerprint density at radius 3 is 2.86 bits per heavy atom. The van der Waals surface area contributed by atoms with Crippen molar-refractivity contribution in [1.82, 2.24) is 10.3 Å². The molecule has 0 aliphatic heterocycles. The van der Waals surface area contributed by atoms with Crippen molar-refractivity contribution in [2.75, 3.05) is 6.54 Å². The van der Waals surface area contributed by atoms with Gasteiger partial charge in [0, 0.05) is 19.3 Å². The second-order valence-electron chi connectivity index (χ2n) is 3.85. The van der Waals surface area contributed by atoms with E-state index in [0.717, 1.165) is 5.69 Å². The van der Waals surface area contributed by atoms with E-state index in [0.29, 0.717) is 18.1 Å². The zero-order valence-electron chi connectivity index (χ0n) is 8.42. The molecule has 0 bridgehead atoms. The van der Waals surface area contributed by atoms with Gasteiger partial charge in [0.1, 0.15) is 0 Å². The largest absolute Gasteiger partial charge is 0.389 e. The van der Waals surface area contributed by atoms with Crippen LogP contribution < -0.4 is 5.32 Å². The third-order valence-corrected chi connectivity index (χ3v) is 2.03. The van der Waals surface area contributed by atoms with Crippen LogP contribution in [0.15, 0.2) is 18.3 Å². The Hall–Kier alpha value is -0.640. The molecule has 78 valence electrons. The van der Waals surface area contributed by atoms with Crippen molar-refractivity contribution in [3.63, 3.8) is 0 Å². The summed E-state index contributed by atoms with van der Waals surface area (Å²) in [5.41, 5.74) is 0.0970. The minimum absolute atomic E-state index is 0.514. The number of halogens is 1. The smallest absolute Gasteiger partial charge is 0.0727 e. The zero-order valence-corrected chi connectivity index (χ0v) is 9.17. The number of hydrogen-bond donors (Lipinski definition) is 2. The lowest BCUT2D eigenvalue weighted by Gasteiger charge is -2.17. The number of aromatic nitrogens is 1. The third kappa shape index (κ3) is 4.05. The maximum Gasteiger partial charge on any atom is 0.0727 e. The molecule has 0 unspecified atom stereocenters. The van der Waals surface area contributed by atoms with Gasteiger partial charge in [-0.05, 0) is 26.0 Å². The van der Waals surface area contributed by atoms with Crippen LogP contribution in [0.3, 0.4) is 0 Å². The normalized spacial score (nSPS) is 11.7. The van der Waals surface area contributed by atoms with Crippen LogP contribution in [-0.2, 0) is 6.54 Å². The Labute approximate surface area is 89.1 Å². The molecule has 0 amide bonds. The molecule has 0 atom stereocenters. The van der Waals surface area contributed by atoms with E-state index in [4.69, 9.17) is 11.6 Å². The summed E-state index contributed by atoms with van der Waals surface area (Å²) in [6.07, 6.45) is 1.70. The van der Waals surface area contributed by atoms with Crippen LogP contribution in [0.4, 0.5) is 0 Å². The van der Waals surface area contributed by atoms with E-state index < -0.39 is 5.60 Å². The molecule has 0 radical (unpaired) electrons. The third-order valence-electron chi connectivity index (χ3n) is 1.68. The molecule has 1 aromatic rings. The lowest BCUT2D eigenvalue weighted by atomic mass is 10.1. The molecule has 0 aromatic carbocycles. The number of nitrogens with one attached hydrogen (secondary N) is 1. The van der Waals surface area contributed by atoms with E-state index in [-0.39, 0.29) is 0 Å². The monoisotopic (exact) mass is 214 g/mol. The Kier molecular flexibility index (Phi) is 3.86. The lowest BCUT2D eigenvalue weighted by Crippen LogP contribution is -2.34. The van der Waals surface area contributed by atoms with Crippen molar-refractivity contribution in [2.45, 2.75) is 26.0 Å². The van der Waals surface area contributed by atoms with Crippen LogP contribution in [0.25, 0.3) is 0 Å². The zero-order chi connectivity index (χ0) is 10.6. The Balaban J connectivity index is 2.43. The van der Waals surface area contributed by atoms with Crippen LogP contribution in [-0.4, -0.2) is 22.2 Å². The number of pyridine rings is 1. The van der Waals surface area contributed by atoms with Crippen molar-refractivity contribution in [1.29, 1.82) is 0 Å². The molecule has 0 aliphatic carbocycles. The fourth-order valence-corrected chi connectivity index (χ4v) is 1.22. The van der Waals surface area contributed by atoms with Crippen molar-refractivity contribution < 1.29 is 5.11 Å². The van der Waals surface area contributed by atoms with Gasteiger partial charge in [-0.3, -0.25) is 4.98 Å². The summed E-state index contributed by atoms with van der Waals surface area (Å²) in [7, 11) is 0. The van der Waals surface area contributed by atoms with Crippen LogP contribution in [0.5, 0.6) is 0 Å². The van der Waals surface area contributed by atoms with E-state index >= 15 is 0 Å². The second kappa shape index (κ2) is 4.73. The average Bonchev–Trinajstić information content (AvgIpc) is 2.06. The summed E-state index contributed by atoms with van der Waals surface area (Å²) < 4.78 is 0. The predicted octanol–water partition coefficient (Wildman–Crippen LogP) is 1.60. The minimum atomic E-state index is -0.707. The number of nitrogens with zero attached hydrogens (tertiary/aromatic N) is 1. The molecule has 0 aliphatic rings. The van der Waals surface area contributed by atoms with Crippen LogP contribution in [0, 0.1) is 0 Å². The van der Waals surface area contributed by atoms with Gasteiger partial charge >= 0.3 is 0 Å². The van der Waals surface area contributed by atoms with Crippen molar-refractivity contribution >= 4 is 11.6 Å². The molecule has 0 saturated heterocycles. The fraction of sp³-hybridized carbons (Fsp3) is 0.500. The summed E-state index contributed by atoms with van der Waals surface area (Å²) in [5.74, 6) is 0. The molecule has 2 N–H and O–H groups in total. The van der Waals surface area contributed by atoms with Gasteiger partial charge in [-0.15, -0.1) is 0 Å².